The smallest absolute Gasteiger partial charge is 0.198 e. The number of nitrogen functional groups attached to an aromatic ring is 1. The van der Waals surface area contributed by atoms with Gasteiger partial charge in [0.2, 0.25) is 0 Å². The van der Waals surface area contributed by atoms with E-state index in [-0.39, 0.29) is 5.95 Å². The first-order valence-electron chi connectivity index (χ1n) is 3.84. The van der Waals surface area contributed by atoms with E-state index >= 15 is 0 Å². The summed E-state index contributed by atoms with van der Waals surface area (Å²) in [5.74, 6) is 0.130. The van der Waals surface area contributed by atoms with Gasteiger partial charge in [0, 0.05) is 0 Å². The van der Waals surface area contributed by atoms with Crippen molar-refractivity contribution in [1.82, 2.24) is 9.96 Å². The summed E-state index contributed by atoms with van der Waals surface area (Å²) in [7, 11) is 0. The molecule has 1 aromatic carbocycles. The lowest BCUT2D eigenvalue weighted by Crippen LogP contribution is -1.84. The van der Waals surface area contributed by atoms with E-state index in [2.05, 4.69) is 4.98 Å². The van der Waals surface area contributed by atoms with Gasteiger partial charge in [0.1, 0.15) is 0 Å². The second kappa shape index (κ2) is 2.24. The van der Waals surface area contributed by atoms with Crippen LogP contribution in [0.4, 0.5) is 5.95 Å². The van der Waals surface area contributed by atoms with E-state index in [0.29, 0.717) is 16.6 Å². The van der Waals surface area contributed by atoms with Crippen molar-refractivity contribution in [2.75, 3.05) is 5.73 Å². The molecule has 1 heterocycles. The molecule has 0 saturated carbocycles. The third kappa shape index (κ3) is 0.883. The van der Waals surface area contributed by atoms with Crippen molar-refractivity contribution < 1.29 is 1.41 Å². The van der Waals surface area contributed by atoms with Crippen molar-refractivity contribution in [3.8, 4) is 6.07 Å². The second-order valence-electron chi connectivity index (χ2n) is 2.40. The zero-order valence-electron chi connectivity index (χ0n) is 7.15. The average molecular weight is 159 g/mol. The van der Waals surface area contributed by atoms with E-state index in [1.54, 1.807) is 18.2 Å². The van der Waals surface area contributed by atoms with Crippen LogP contribution in [0.3, 0.4) is 0 Å². The molecule has 0 amide bonds. The number of imidazole rings is 1. The Hall–Kier alpha value is -2.02. The van der Waals surface area contributed by atoms with Crippen molar-refractivity contribution in [3.63, 3.8) is 0 Å². The largest absolute Gasteiger partial charge is 0.369 e. The summed E-state index contributed by atoms with van der Waals surface area (Å²) in [6.07, 6.45) is 0. The normalized spacial score (nSPS) is 11.1. The highest BCUT2D eigenvalue weighted by molar-refractivity contribution is 5.78. The highest BCUT2D eigenvalue weighted by Gasteiger charge is 1.99. The maximum absolute atomic E-state index is 8.61. The summed E-state index contributed by atoms with van der Waals surface area (Å²) in [4.78, 5) is 4.96. The van der Waals surface area contributed by atoms with Crippen molar-refractivity contribution in [2.45, 2.75) is 0 Å². The quantitative estimate of drug-likeness (QED) is 0.602. The Bertz CT molecular complexity index is 509. The molecule has 0 bridgehead atoms. The van der Waals surface area contributed by atoms with Gasteiger partial charge in [-0.3, -0.25) is 0 Å². The number of anilines is 1. The third-order valence-electron chi connectivity index (χ3n) is 1.57. The first-order chi connectivity index (χ1) is 6.22. The Kier molecular flexibility index (Phi) is 1.05. The van der Waals surface area contributed by atoms with Crippen LogP contribution in [0.1, 0.15) is 5.56 Å². The van der Waals surface area contributed by atoms with Crippen molar-refractivity contribution in [2.24, 2.45) is 0 Å². The number of nitrogens with zero attached hydrogens (tertiary/aromatic N) is 2. The molecular weight excluding hydrogens is 152 g/mol. The first-order valence-corrected chi connectivity index (χ1v) is 3.39. The van der Waals surface area contributed by atoms with Crippen molar-refractivity contribution >= 4 is 17.0 Å². The number of rotatable bonds is 0. The Labute approximate surface area is 70.1 Å². The van der Waals surface area contributed by atoms with E-state index < -0.39 is 0 Å². The number of nitrogens with two attached hydrogens (primary N) is 1. The number of aromatic amines is 1. The minimum Gasteiger partial charge on any atom is -0.369 e. The van der Waals surface area contributed by atoms with Crippen LogP contribution < -0.4 is 5.73 Å². The lowest BCUT2D eigenvalue weighted by Gasteiger charge is -1.86. The van der Waals surface area contributed by atoms with E-state index in [0.717, 1.165) is 4.98 Å². The maximum atomic E-state index is 8.61. The maximum Gasteiger partial charge on any atom is 0.198 e. The summed E-state index contributed by atoms with van der Waals surface area (Å²) in [6.45, 7) is 0. The molecule has 4 heteroatoms. The van der Waals surface area contributed by atoms with Gasteiger partial charge in [0.05, 0.1) is 22.7 Å². The van der Waals surface area contributed by atoms with Gasteiger partial charge >= 0.3 is 0 Å². The minimum absolute atomic E-state index is 0.130. The molecule has 0 aliphatic carbocycles. The summed E-state index contributed by atoms with van der Waals surface area (Å²) in [5, 5.41) is 8.61. The van der Waals surface area contributed by atoms with Crippen LogP contribution in [0.15, 0.2) is 18.2 Å². The second-order valence-corrected chi connectivity index (χ2v) is 2.40. The van der Waals surface area contributed by atoms with Gasteiger partial charge in [-0.2, -0.15) is 5.26 Å². The van der Waals surface area contributed by atoms with Gasteiger partial charge in [-0.15, -0.1) is 0 Å². The standard InChI is InChI=1S/C8H6N4/c9-4-5-1-2-6-7(3-5)12-8(10)11-6/h1-3H,(H3,10,11,12)/i/hD. The molecule has 0 atom stereocenters. The van der Waals surface area contributed by atoms with Crippen molar-refractivity contribution in [3.05, 3.63) is 23.8 Å². The number of nitrogens with one attached hydrogen (secondary N) is 1. The monoisotopic (exact) mass is 159 g/mol. The molecule has 12 heavy (non-hydrogen) atoms. The van der Waals surface area contributed by atoms with Gasteiger partial charge in [0.25, 0.3) is 0 Å². The number of aromatic nitrogens is 2. The third-order valence-corrected chi connectivity index (χ3v) is 1.57. The molecule has 0 unspecified atom stereocenters. The number of fused-ring (bicyclic) bond motifs is 1. The Morgan fingerprint density at radius 2 is 2.50 bits per heavy atom. The van der Waals surface area contributed by atoms with Gasteiger partial charge in [-0.25, -0.2) is 4.98 Å². The lowest BCUT2D eigenvalue weighted by molar-refractivity contribution is 1.35. The van der Waals surface area contributed by atoms with Crippen LogP contribution in [0.25, 0.3) is 11.0 Å². The molecule has 4 nitrogen and oxygen atoms in total. The van der Waals surface area contributed by atoms with Crippen LogP contribution >= 0.6 is 0 Å². The molecule has 0 fully saturated rings. The summed E-state index contributed by atoms with van der Waals surface area (Å²) >= 11 is 0. The number of nitriles is 1. The zero-order valence-corrected chi connectivity index (χ0v) is 6.15. The molecule has 0 aliphatic rings. The number of hydrogen-bond acceptors (Lipinski definition) is 3. The van der Waals surface area contributed by atoms with Crippen LogP contribution in [-0.4, -0.2) is 9.96 Å². The SMILES string of the molecule is [2H]n1c(N)nc2cc(C#N)ccc21. The topological polar surface area (TPSA) is 78.5 Å². The van der Waals surface area contributed by atoms with Gasteiger partial charge in [-0.05, 0) is 18.2 Å². The molecular formula is C8H6N4. The fourth-order valence-corrected chi connectivity index (χ4v) is 1.05. The molecule has 0 spiro atoms. The average Bonchev–Trinajstić information content (AvgIpc) is 2.42. The highest BCUT2D eigenvalue weighted by atomic mass is 15.0. The van der Waals surface area contributed by atoms with E-state index in [1.807, 2.05) is 6.07 Å². The van der Waals surface area contributed by atoms with E-state index in [9.17, 15) is 0 Å². The van der Waals surface area contributed by atoms with E-state index in [4.69, 9.17) is 12.4 Å². The molecule has 0 radical (unpaired) electrons. The number of benzene rings is 1. The number of hydrogen-bond donors (Lipinski definition) is 2. The predicted molar refractivity (Wildman–Crippen MR) is 45.2 cm³/mol. The fourth-order valence-electron chi connectivity index (χ4n) is 1.05. The van der Waals surface area contributed by atoms with Gasteiger partial charge in [-0.1, -0.05) is 0 Å². The molecule has 3 N–H and O–H groups in total. The van der Waals surface area contributed by atoms with Crippen LogP contribution in [-0.2, 0) is 0 Å². The van der Waals surface area contributed by atoms with Crippen LogP contribution in [0.5, 0.6) is 0 Å². The lowest BCUT2D eigenvalue weighted by atomic mass is 10.2. The van der Waals surface area contributed by atoms with Crippen molar-refractivity contribution in [1.29, 1.82) is 5.26 Å². The summed E-state index contributed by atoms with van der Waals surface area (Å²) in [5.41, 5.74) is 7.13. The molecule has 2 rings (SSSR count). The first kappa shape index (κ1) is 5.61. The number of H-pyrrole nitrogens is 1. The van der Waals surface area contributed by atoms with Gasteiger partial charge < -0.3 is 10.7 Å². The molecule has 0 saturated heterocycles. The van der Waals surface area contributed by atoms with Crippen LogP contribution in [0, 0.1) is 11.3 Å². The Balaban J connectivity index is 2.82. The summed E-state index contributed by atoms with van der Waals surface area (Å²) < 4.78 is 7.44. The fraction of sp³-hybridized carbons (Fsp3) is 0. The van der Waals surface area contributed by atoms with Crippen LogP contribution in [0.2, 0.25) is 1.41 Å². The highest BCUT2D eigenvalue weighted by Crippen LogP contribution is 2.13. The van der Waals surface area contributed by atoms with Gasteiger partial charge in [0.15, 0.2) is 7.36 Å². The molecule has 2 aromatic rings. The Morgan fingerprint density at radius 3 is 3.25 bits per heavy atom. The minimum atomic E-state index is 0.130. The zero-order chi connectivity index (χ0) is 9.42. The Morgan fingerprint density at radius 1 is 1.67 bits per heavy atom. The molecule has 58 valence electrons. The summed E-state index contributed by atoms with van der Waals surface area (Å²) in [6, 6.07) is 6.89. The predicted octanol–water partition coefficient (Wildman–Crippen LogP) is 1.02. The molecule has 1 aromatic heterocycles. The van der Waals surface area contributed by atoms with E-state index in [1.165, 1.54) is 0 Å². The molecule has 0 aliphatic heterocycles.